The second-order valence-electron chi connectivity index (χ2n) is 4.66. The lowest BCUT2D eigenvalue weighted by Crippen LogP contribution is -2.45. The van der Waals surface area contributed by atoms with Crippen LogP contribution in [-0.2, 0) is 15.7 Å². The zero-order valence-corrected chi connectivity index (χ0v) is 13.1. The maximum Gasteiger partial charge on any atom is 0.416 e. The third-order valence-electron chi connectivity index (χ3n) is 2.96. The van der Waals surface area contributed by atoms with Gasteiger partial charge in [0.05, 0.1) is 12.2 Å². The molecular formula is C14H17ClF3NO3. The van der Waals surface area contributed by atoms with Gasteiger partial charge in [-0.05, 0) is 39.0 Å². The topological polar surface area (TPSA) is 49.8 Å². The number of rotatable bonds is 5. The molecule has 0 aliphatic carbocycles. The van der Waals surface area contributed by atoms with Crippen LogP contribution in [0.4, 0.5) is 18.9 Å². The van der Waals surface area contributed by atoms with E-state index in [9.17, 15) is 23.1 Å². The average molecular weight is 340 g/mol. The summed E-state index contributed by atoms with van der Waals surface area (Å²) in [6.07, 6.45) is -5.80. The van der Waals surface area contributed by atoms with E-state index < -0.39 is 30.0 Å². The predicted octanol–water partition coefficient (Wildman–Crippen LogP) is 3.46. The maximum atomic E-state index is 12.9. The molecule has 0 radical (unpaired) electrons. The van der Waals surface area contributed by atoms with E-state index in [1.807, 2.05) is 0 Å². The summed E-state index contributed by atoms with van der Waals surface area (Å²) >= 11 is 5.73. The van der Waals surface area contributed by atoms with Gasteiger partial charge < -0.3 is 14.7 Å². The molecular weight excluding hydrogens is 323 g/mol. The van der Waals surface area contributed by atoms with Crippen molar-refractivity contribution in [2.75, 3.05) is 11.5 Å². The molecule has 1 aromatic carbocycles. The van der Waals surface area contributed by atoms with E-state index in [1.54, 1.807) is 6.92 Å². The van der Waals surface area contributed by atoms with Crippen LogP contribution in [0.15, 0.2) is 18.2 Å². The molecule has 0 bridgehead atoms. The number of carbonyl (C=O) groups excluding carboxylic acids is 1. The number of ether oxygens (including phenoxy) is 1. The number of esters is 1. The largest absolute Gasteiger partial charge is 0.464 e. The van der Waals surface area contributed by atoms with E-state index >= 15 is 0 Å². The van der Waals surface area contributed by atoms with E-state index in [0.717, 1.165) is 17.0 Å². The minimum atomic E-state index is -4.59. The molecule has 4 nitrogen and oxygen atoms in total. The van der Waals surface area contributed by atoms with Crippen LogP contribution in [0.2, 0.25) is 5.02 Å². The number of carbonyl (C=O) groups is 1. The maximum absolute atomic E-state index is 12.9. The Morgan fingerprint density at radius 3 is 2.41 bits per heavy atom. The van der Waals surface area contributed by atoms with Crippen LogP contribution in [0.1, 0.15) is 26.3 Å². The molecule has 0 spiro atoms. The fourth-order valence-electron chi connectivity index (χ4n) is 2.03. The fourth-order valence-corrected chi connectivity index (χ4v) is 2.26. The summed E-state index contributed by atoms with van der Waals surface area (Å²) in [5.41, 5.74) is -0.980. The lowest BCUT2D eigenvalue weighted by Gasteiger charge is -2.32. The van der Waals surface area contributed by atoms with Crippen molar-refractivity contribution in [3.63, 3.8) is 0 Å². The molecule has 0 aromatic heterocycles. The summed E-state index contributed by atoms with van der Waals surface area (Å²) in [4.78, 5) is 12.9. The number of nitrogens with zero attached hydrogens (tertiary/aromatic N) is 1. The van der Waals surface area contributed by atoms with E-state index in [1.165, 1.54) is 19.9 Å². The third-order valence-corrected chi connectivity index (χ3v) is 3.17. The molecule has 8 heteroatoms. The number of aliphatic hydroxyl groups excluding tert-OH is 1. The molecule has 1 aromatic rings. The summed E-state index contributed by atoms with van der Waals surface area (Å²) in [6.45, 7) is 4.50. The quantitative estimate of drug-likeness (QED) is 0.659. The number of hydrogen-bond donors (Lipinski definition) is 1. The zero-order chi connectivity index (χ0) is 17.1. The zero-order valence-electron chi connectivity index (χ0n) is 12.3. The third kappa shape index (κ3) is 4.51. The minimum absolute atomic E-state index is 0.0182. The number of anilines is 1. The van der Waals surface area contributed by atoms with Crippen molar-refractivity contribution in [3.05, 3.63) is 28.8 Å². The second kappa shape index (κ2) is 7.19. The van der Waals surface area contributed by atoms with Crippen molar-refractivity contribution in [2.45, 2.75) is 39.2 Å². The predicted molar refractivity (Wildman–Crippen MR) is 76.7 cm³/mol. The molecule has 2 unspecified atom stereocenters. The van der Waals surface area contributed by atoms with Gasteiger partial charge in [-0.25, -0.2) is 4.79 Å². The van der Waals surface area contributed by atoms with Gasteiger partial charge in [0, 0.05) is 10.7 Å². The summed E-state index contributed by atoms with van der Waals surface area (Å²) in [6, 6.07) is 1.88. The van der Waals surface area contributed by atoms with Gasteiger partial charge in [0.15, 0.2) is 0 Å². The first kappa shape index (κ1) is 18.6. The molecule has 0 fully saturated rings. The number of hydrogen-bond acceptors (Lipinski definition) is 4. The van der Waals surface area contributed by atoms with Crippen LogP contribution < -0.4 is 4.90 Å². The van der Waals surface area contributed by atoms with Crippen LogP contribution in [0, 0.1) is 0 Å². The standard InChI is InChI=1S/C14H17ClF3NO3/c1-4-22-13(21)8(2)19(9(3)20)12-6-10(14(16,17)18)5-11(15)7-12/h5-9,20H,4H2,1-3H3. The monoisotopic (exact) mass is 339 g/mol. The Bertz CT molecular complexity index is 535. The average Bonchev–Trinajstić information content (AvgIpc) is 2.36. The van der Waals surface area contributed by atoms with E-state index in [-0.39, 0.29) is 17.3 Å². The SMILES string of the molecule is CCOC(=O)C(C)N(c1cc(Cl)cc(C(F)(F)F)c1)C(C)O. The first-order valence-electron chi connectivity index (χ1n) is 6.58. The van der Waals surface area contributed by atoms with Gasteiger partial charge in [-0.15, -0.1) is 0 Å². The smallest absolute Gasteiger partial charge is 0.416 e. The van der Waals surface area contributed by atoms with Gasteiger partial charge in [-0.3, -0.25) is 0 Å². The van der Waals surface area contributed by atoms with Crippen molar-refractivity contribution in [2.24, 2.45) is 0 Å². The molecule has 22 heavy (non-hydrogen) atoms. The lowest BCUT2D eigenvalue weighted by molar-refractivity contribution is -0.144. The van der Waals surface area contributed by atoms with Crippen molar-refractivity contribution < 1.29 is 27.8 Å². The molecule has 0 amide bonds. The van der Waals surface area contributed by atoms with Crippen LogP contribution in [0.5, 0.6) is 0 Å². The van der Waals surface area contributed by atoms with Gasteiger partial charge in [-0.2, -0.15) is 13.2 Å². The molecule has 0 aliphatic heterocycles. The lowest BCUT2D eigenvalue weighted by atomic mass is 10.1. The molecule has 1 rings (SSSR count). The van der Waals surface area contributed by atoms with Gasteiger partial charge in [0.25, 0.3) is 0 Å². The first-order chi connectivity index (χ1) is 10.1. The number of halogens is 4. The normalized spacial score (nSPS) is 14.4. The fraction of sp³-hybridized carbons (Fsp3) is 0.500. The summed E-state index contributed by atoms with van der Waals surface area (Å²) < 4.78 is 43.4. The molecule has 0 saturated carbocycles. The van der Waals surface area contributed by atoms with Crippen molar-refractivity contribution in [1.82, 2.24) is 0 Å². The molecule has 0 heterocycles. The Morgan fingerprint density at radius 2 is 1.95 bits per heavy atom. The van der Waals surface area contributed by atoms with Crippen molar-refractivity contribution in [3.8, 4) is 0 Å². The molecule has 0 saturated heterocycles. The van der Waals surface area contributed by atoms with Crippen molar-refractivity contribution in [1.29, 1.82) is 0 Å². The van der Waals surface area contributed by atoms with Crippen LogP contribution in [0.3, 0.4) is 0 Å². The van der Waals surface area contributed by atoms with E-state index in [4.69, 9.17) is 16.3 Å². The first-order valence-corrected chi connectivity index (χ1v) is 6.96. The van der Waals surface area contributed by atoms with E-state index in [0.29, 0.717) is 0 Å². The summed E-state index contributed by atoms with van der Waals surface area (Å²) in [5.74, 6) is -0.656. The highest BCUT2D eigenvalue weighted by molar-refractivity contribution is 6.31. The van der Waals surface area contributed by atoms with Gasteiger partial charge in [-0.1, -0.05) is 11.6 Å². The number of benzene rings is 1. The molecule has 1 N–H and O–H groups in total. The molecule has 124 valence electrons. The van der Waals surface area contributed by atoms with Gasteiger partial charge in [0.2, 0.25) is 0 Å². The van der Waals surface area contributed by atoms with Crippen molar-refractivity contribution >= 4 is 23.3 Å². The van der Waals surface area contributed by atoms with Crippen LogP contribution in [-0.4, -0.2) is 30.0 Å². The number of alkyl halides is 3. The highest BCUT2D eigenvalue weighted by Crippen LogP contribution is 2.35. The minimum Gasteiger partial charge on any atom is -0.464 e. The second-order valence-corrected chi connectivity index (χ2v) is 5.10. The van der Waals surface area contributed by atoms with Gasteiger partial charge in [0.1, 0.15) is 12.3 Å². The number of aliphatic hydroxyl groups is 1. The van der Waals surface area contributed by atoms with Crippen LogP contribution in [0.25, 0.3) is 0 Å². The highest BCUT2D eigenvalue weighted by Gasteiger charge is 2.33. The van der Waals surface area contributed by atoms with Gasteiger partial charge >= 0.3 is 12.1 Å². The van der Waals surface area contributed by atoms with E-state index in [2.05, 4.69) is 0 Å². The molecule has 2 atom stereocenters. The Hall–Kier alpha value is -1.47. The highest BCUT2D eigenvalue weighted by atomic mass is 35.5. The summed E-state index contributed by atoms with van der Waals surface area (Å²) in [7, 11) is 0. The Labute approximate surface area is 131 Å². The Morgan fingerprint density at radius 1 is 1.36 bits per heavy atom. The molecule has 0 aliphatic rings. The Kier molecular flexibility index (Phi) is 6.08. The summed E-state index contributed by atoms with van der Waals surface area (Å²) in [5, 5.41) is 9.68. The van der Waals surface area contributed by atoms with Crippen LogP contribution >= 0.6 is 11.6 Å². The Balaban J connectivity index is 3.27.